The topological polar surface area (TPSA) is 104 Å². The molecule has 0 atom stereocenters. The van der Waals surface area contributed by atoms with Crippen LogP contribution in [0.5, 0.6) is 28.7 Å². The lowest BCUT2D eigenvalue weighted by Crippen LogP contribution is -2.34. The molecule has 35 heavy (non-hydrogen) atoms. The molecule has 0 radical (unpaired) electrons. The fourth-order valence-corrected chi connectivity index (χ4v) is 4.48. The van der Waals surface area contributed by atoms with Crippen molar-refractivity contribution in [3.8, 4) is 28.7 Å². The first-order valence-corrected chi connectivity index (χ1v) is 12.0. The maximum Gasteiger partial charge on any atom is 0.385 e. The number of ether oxygens (including phenoxy) is 4. The van der Waals surface area contributed by atoms with Crippen molar-refractivity contribution in [1.82, 2.24) is 4.31 Å². The normalized spacial score (nSPS) is 11.3. The zero-order valence-electron chi connectivity index (χ0n) is 20.1. The largest absolute Gasteiger partial charge is 0.497 e. The van der Waals surface area contributed by atoms with Crippen LogP contribution in [0, 0.1) is 0 Å². The number of nitrogens with zero attached hydrogens (tertiary/aromatic N) is 1. The van der Waals surface area contributed by atoms with Crippen LogP contribution in [-0.4, -0.2) is 46.3 Å². The quantitative estimate of drug-likeness (QED) is 0.400. The molecule has 0 bridgehead atoms. The van der Waals surface area contributed by atoms with Gasteiger partial charge in [-0.25, -0.2) is 0 Å². The van der Waals surface area contributed by atoms with Gasteiger partial charge in [0.1, 0.15) is 28.7 Å². The third-order valence-corrected chi connectivity index (χ3v) is 6.57. The van der Waals surface area contributed by atoms with Gasteiger partial charge in [0.05, 0.1) is 35.0 Å². The Hall–Kier alpha value is -3.47. The molecule has 0 aliphatic rings. The lowest BCUT2D eigenvalue weighted by atomic mass is 10.1. The van der Waals surface area contributed by atoms with Crippen molar-refractivity contribution >= 4 is 10.3 Å². The van der Waals surface area contributed by atoms with Gasteiger partial charge < -0.3 is 28.2 Å². The van der Waals surface area contributed by atoms with Crippen molar-refractivity contribution in [2.24, 2.45) is 0 Å². The standard InChI is InChI=1S/C25H29NO8S/c1-30-21-10-8-19(24(13-21)32-3)15-26(16-20-9-11-22(31-2)14-25(20)33-4)35(28,29)34-23-7-5-6-18(12-23)17-27/h5-14,27H,15-17H2,1-4H3. The van der Waals surface area contributed by atoms with Crippen LogP contribution in [-0.2, 0) is 30.0 Å². The van der Waals surface area contributed by atoms with Crippen molar-refractivity contribution in [3.05, 3.63) is 77.4 Å². The minimum Gasteiger partial charge on any atom is -0.497 e. The Morgan fingerprint density at radius 2 is 1.26 bits per heavy atom. The molecule has 188 valence electrons. The molecule has 0 spiro atoms. The van der Waals surface area contributed by atoms with Crippen LogP contribution in [0.25, 0.3) is 0 Å². The average Bonchev–Trinajstić information content (AvgIpc) is 2.88. The molecule has 0 saturated heterocycles. The molecular formula is C25H29NO8S. The number of rotatable bonds is 12. The summed E-state index contributed by atoms with van der Waals surface area (Å²) in [6.07, 6.45) is 0. The maximum atomic E-state index is 13.5. The fourth-order valence-electron chi connectivity index (χ4n) is 3.43. The lowest BCUT2D eigenvalue weighted by molar-refractivity contribution is 0.281. The SMILES string of the molecule is COc1ccc(CN(Cc2ccc(OC)cc2OC)S(=O)(=O)Oc2cccc(CO)c2)c(OC)c1. The van der Waals surface area contributed by atoms with Gasteiger partial charge in [0.25, 0.3) is 0 Å². The molecule has 0 fully saturated rings. The maximum absolute atomic E-state index is 13.5. The molecule has 0 aromatic heterocycles. The van der Waals surface area contributed by atoms with E-state index in [4.69, 9.17) is 23.1 Å². The first kappa shape index (κ1) is 26.1. The first-order chi connectivity index (χ1) is 16.8. The van der Waals surface area contributed by atoms with Gasteiger partial charge in [-0.2, -0.15) is 12.7 Å². The highest BCUT2D eigenvalue weighted by molar-refractivity contribution is 7.84. The van der Waals surface area contributed by atoms with E-state index in [2.05, 4.69) is 0 Å². The number of benzene rings is 3. The summed E-state index contributed by atoms with van der Waals surface area (Å²) in [5.74, 6) is 2.18. The van der Waals surface area contributed by atoms with Gasteiger partial charge in [0, 0.05) is 36.3 Å². The average molecular weight is 504 g/mol. The summed E-state index contributed by atoms with van der Waals surface area (Å²) in [6, 6.07) is 16.5. The molecular weight excluding hydrogens is 474 g/mol. The Labute approximate surface area is 205 Å². The minimum atomic E-state index is -4.30. The third-order valence-electron chi connectivity index (χ3n) is 5.28. The third kappa shape index (κ3) is 6.56. The Kier molecular flexibility index (Phi) is 8.80. The zero-order valence-corrected chi connectivity index (χ0v) is 20.9. The molecule has 0 aliphatic heterocycles. The summed E-state index contributed by atoms with van der Waals surface area (Å²) in [6.45, 7) is -0.345. The molecule has 10 heteroatoms. The molecule has 9 nitrogen and oxygen atoms in total. The van der Waals surface area contributed by atoms with Gasteiger partial charge in [-0.1, -0.05) is 24.3 Å². The second-order valence-electron chi connectivity index (χ2n) is 7.47. The van der Waals surface area contributed by atoms with Crippen molar-refractivity contribution in [2.75, 3.05) is 28.4 Å². The van der Waals surface area contributed by atoms with Crippen LogP contribution in [0.2, 0.25) is 0 Å². The highest BCUT2D eigenvalue weighted by Gasteiger charge is 2.28. The summed E-state index contributed by atoms with van der Waals surface area (Å²) in [7, 11) is 1.78. The Morgan fingerprint density at radius 1 is 0.714 bits per heavy atom. The van der Waals surface area contributed by atoms with Gasteiger partial charge in [0.15, 0.2) is 0 Å². The van der Waals surface area contributed by atoms with Gasteiger partial charge in [-0.15, -0.1) is 0 Å². The van der Waals surface area contributed by atoms with E-state index in [1.807, 2.05) is 0 Å². The number of hydrogen-bond acceptors (Lipinski definition) is 8. The molecule has 0 aliphatic carbocycles. The predicted octanol–water partition coefficient (Wildman–Crippen LogP) is 3.54. The zero-order chi connectivity index (χ0) is 25.4. The summed E-state index contributed by atoms with van der Waals surface area (Å²) in [5.41, 5.74) is 1.74. The van der Waals surface area contributed by atoms with E-state index in [0.717, 1.165) is 0 Å². The highest BCUT2D eigenvalue weighted by Crippen LogP contribution is 2.31. The lowest BCUT2D eigenvalue weighted by Gasteiger charge is -2.24. The molecule has 3 aromatic rings. The van der Waals surface area contributed by atoms with E-state index in [1.165, 1.54) is 44.9 Å². The van der Waals surface area contributed by atoms with Crippen molar-refractivity contribution in [3.63, 3.8) is 0 Å². The molecule has 0 amide bonds. The fraction of sp³-hybridized carbons (Fsp3) is 0.280. The monoisotopic (exact) mass is 503 g/mol. The van der Waals surface area contributed by atoms with E-state index in [9.17, 15) is 13.5 Å². The van der Waals surface area contributed by atoms with E-state index >= 15 is 0 Å². The highest BCUT2D eigenvalue weighted by atomic mass is 32.2. The van der Waals surface area contributed by atoms with E-state index in [0.29, 0.717) is 39.7 Å². The smallest absolute Gasteiger partial charge is 0.385 e. The molecule has 3 rings (SSSR count). The second-order valence-corrected chi connectivity index (χ2v) is 9.01. The van der Waals surface area contributed by atoms with Crippen LogP contribution in [0.4, 0.5) is 0 Å². The predicted molar refractivity (Wildman–Crippen MR) is 130 cm³/mol. The Bertz CT molecular complexity index is 1190. The van der Waals surface area contributed by atoms with E-state index in [-0.39, 0.29) is 25.4 Å². The minimum absolute atomic E-state index is 0.0512. The van der Waals surface area contributed by atoms with E-state index < -0.39 is 10.3 Å². The molecule has 0 heterocycles. The summed E-state index contributed by atoms with van der Waals surface area (Å²) < 4.78 is 55.0. The summed E-state index contributed by atoms with van der Waals surface area (Å²) in [4.78, 5) is 0. The molecule has 0 unspecified atom stereocenters. The number of aliphatic hydroxyl groups excluding tert-OH is 1. The second kappa shape index (κ2) is 11.8. The van der Waals surface area contributed by atoms with Crippen LogP contribution in [0.15, 0.2) is 60.7 Å². The Morgan fingerprint density at radius 3 is 1.71 bits per heavy atom. The number of methoxy groups -OCH3 is 4. The number of aliphatic hydroxyl groups is 1. The molecule has 0 saturated carbocycles. The van der Waals surface area contributed by atoms with E-state index in [1.54, 1.807) is 48.5 Å². The summed E-state index contributed by atoms with van der Waals surface area (Å²) >= 11 is 0. The van der Waals surface area contributed by atoms with Gasteiger partial charge in [0.2, 0.25) is 0 Å². The van der Waals surface area contributed by atoms with Gasteiger partial charge in [-0.05, 0) is 29.8 Å². The molecule has 1 N–H and O–H groups in total. The first-order valence-electron chi connectivity index (χ1n) is 10.6. The Balaban J connectivity index is 2.01. The van der Waals surface area contributed by atoms with Gasteiger partial charge in [-0.3, -0.25) is 0 Å². The van der Waals surface area contributed by atoms with Crippen LogP contribution < -0.4 is 23.1 Å². The van der Waals surface area contributed by atoms with Crippen molar-refractivity contribution in [2.45, 2.75) is 19.7 Å². The van der Waals surface area contributed by atoms with Crippen LogP contribution >= 0.6 is 0 Å². The van der Waals surface area contributed by atoms with Crippen LogP contribution in [0.1, 0.15) is 16.7 Å². The van der Waals surface area contributed by atoms with Crippen LogP contribution in [0.3, 0.4) is 0 Å². The number of hydrogen-bond donors (Lipinski definition) is 1. The molecule has 3 aromatic carbocycles. The van der Waals surface area contributed by atoms with Crippen molar-refractivity contribution < 1.29 is 36.7 Å². The van der Waals surface area contributed by atoms with Gasteiger partial charge >= 0.3 is 10.3 Å². The van der Waals surface area contributed by atoms with Crippen molar-refractivity contribution in [1.29, 1.82) is 0 Å². The summed E-state index contributed by atoms with van der Waals surface area (Å²) in [5, 5.41) is 9.40.